The van der Waals surface area contributed by atoms with E-state index in [9.17, 15) is 4.79 Å². The van der Waals surface area contributed by atoms with Crippen LogP contribution in [0, 0.1) is 0 Å². The van der Waals surface area contributed by atoms with Crippen molar-refractivity contribution in [3.63, 3.8) is 0 Å². The second kappa shape index (κ2) is 10.1. The van der Waals surface area contributed by atoms with Crippen molar-refractivity contribution >= 4 is 5.97 Å². The molecule has 0 unspecified atom stereocenters. The molecule has 0 aromatic heterocycles. The number of hydrogen-bond acceptors (Lipinski definition) is 6. The Labute approximate surface area is 171 Å². The Balaban J connectivity index is 1.66. The molecule has 0 spiro atoms. The lowest BCUT2D eigenvalue weighted by molar-refractivity contribution is -0.139. The van der Waals surface area contributed by atoms with E-state index in [-0.39, 0.29) is 0 Å². The van der Waals surface area contributed by atoms with Crippen molar-refractivity contribution in [2.24, 2.45) is 0 Å². The molecule has 29 heavy (non-hydrogen) atoms. The van der Waals surface area contributed by atoms with Crippen molar-refractivity contribution in [3.8, 4) is 17.2 Å². The largest absolute Gasteiger partial charge is 0.493 e. The third-order valence-electron chi connectivity index (χ3n) is 5.03. The molecule has 0 saturated carbocycles. The van der Waals surface area contributed by atoms with E-state index < -0.39 is 12.6 Å². The molecule has 1 saturated heterocycles. The predicted octanol–water partition coefficient (Wildman–Crippen LogP) is 2.49. The lowest BCUT2D eigenvalue weighted by atomic mass is 10.1. The molecule has 0 radical (unpaired) electrons. The third kappa shape index (κ3) is 5.62. The first-order valence-electron chi connectivity index (χ1n) is 9.67. The monoisotopic (exact) mass is 400 g/mol. The lowest BCUT2D eigenvalue weighted by Gasteiger charge is -2.35. The molecule has 7 nitrogen and oxygen atoms in total. The van der Waals surface area contributed by atoms with Crippen LogP contribution in [-0.4, -0.2) is 67.9 Å². The van der Waals surface area contributed by atoms with Crippen molar-refractivity contribution < 1.29 is 24.1 Å². The van der Waals surface area contributed by atoms with Crippen molar-refractivity contribution in [1.82, 2.24) is 9.80 Å². The number of piperazine rings is 1. The highest BCUT2D eigenvalue weighted by Crippen LogP contribution is 2.40. The van der Waals surface area contributed by atoms with Gasteiger partial charge in [-0.2, -0.15) is 0 Å². The fourth-order valence-corrected chi connectivity index (χ4v) is 3.54. The van der Waals surface area contributed by atoms with Crippen LogP contribution in [0.25, 0.3) is 0 Å². The number of hydrogen-bond donors (Lipinski definition) is 1. The minimum absolute atomic E-state index is 0.425. The number of aliphatic carboxylic acids is 1. The van der Waals surface area contributed by atoms with Crippen LogP contribution in [0.15, 0.2) is 42.5 Å². The number of carboxylic acid groups (broad SMARTS) is 1. The number of ether oxygens (including phenoxy) is 3. The maximum absolute atomic E-state index is 11.0. The van der Waals surface area contributed by atoms with Gasteiger partial charge in [0.2, 0.25) is 5.75 Å². The highest BCUT2D eigenvalue weighted by molar-refractivity contribution is 5.69. The summed E-state index contributed by atoms with van der Waals surface area (Å²) < 4.78 is 16.3. The molecule has 156 valence electrons. The number of rotatable bonds is 9. The second-order valence-corrected chi connectivity index (χ2v) is 7.01. The van der Waals surface area contributed by atoms with Crippen LogP contribution >= 0.6 is 0 Å². The van der Waals surface area contributed by atoms with E-state index in [0.717, 1.165) is 38.3 Å². The topological polar surface area (TPSA) is 71.5 Å². The molecular weight excluding hydrogens is 372 g/mol. The zero-order chi connectivity index (χ0) is 20.6. The Morgan fingerprint density at radius 3 is 2.14 bits per heavy atom. The predicted molar refractivity (Wildman–Crippen MR) is 110 cm³/mol. The van der Waals surface area contributed by atoms with Crippen LogP contribution in [0.1, 0.15) is 11.1 Å². The fraction of sp³-hybridized carbons (Fsp3) is 0.409. The number of benzene rings is 2. The first kappa shape index (κ1) is 21.0. The molecule has 1 N–H and O–H groups in total. The Hall–Kier alpha value is -2.77. The highest BCUT2D eigenvalue weighted by Gasteiger charge is 2.22. The van der Waals surface area contributed by atoms with Crippen molar-refractivity contribution in [3.05, 3.63) is 53.6 Å². The molecule has 1 fully saturated rings. The second-order valence-electron chi connectivity index (χ2n) is 7.01. The van der Waals surface area contributed by atoms with Gasteiger partial charge in [-0.25, -0.2) is 4.79 Å². The zero-order valence-electron chi connectivity index (χ0n) is 17.0. The number of nitrogens with zero attached hydrogens (tertiary/aromatic N) is 2. The molecule has 2 aromatic carbocycles. The smallest absolute Gasteiger partial charge is 0.341 e. The first-order chi connectivity index (χ1) is 14.1. The van der Waals surface area contributed by atoms with E-state index in [1.807, 2.05) is 18.2 Å². The Bertz CT molecular complexity index is 804. The summed E-state index contributed by atoms with van der Waals surface area (Å²) >= 11 is 0. The molecule has 1 aliphatic heterocycles. The van der Waals surface area contributed by atoms with Crippen LogP contribution in [0.3, 0.4) is 0 Å². The molecular formula is C22H28N2O5. The summed E-state index contributed by atoms with van der Waals surface area (Å²) in [5.74, 6) is 0.342. The molecule has 0 aliphatic carbocycles. The number of methoxy groups -OCH3 is 2. The summed E-state index contributed by atoms with van der Waals surface area (Å²) in [5.41, 5.74) is 2.21. The fourth-order valence-electron chi connectivity index (χ4n) is 3.54. The van der Waals surface area contributed by atoms with Crippen molar-refractivity contribution in [2.45, 2.75) is 13.1 Å². The van der Waals surface area contributed by atoms with E-state index in [4.69, 9.17) is 19.3 Å². The van der Waals surface area contributed by atoms with Gasteiger partial charge in [-0.1, -0.05) is 36.4 Å². The molecule has 0 bridgehead atoms. The van der Waals surface area contributed by atoms with Crippen LogP contribution in [0.5, 0.6) is 17.2 Å². The van der Waals surface area contributed by atoms with Crippen LogP contribution in [0.4, 0.5) is 0 Å². The maximum atomic E-state index is 11.0. The summed E-state index contributed by atoms with van der Waals surface area (Å²) in [6, 6.07) is 14.2. The van der Waals surface area contributed by atoms with Gasteiger partial charge in [-0.05, 0) is 11.6 Å². The van der Waals surface area contributed by atoms with Gasteiger partial charge in [0.1, 0.15) is 0 Å². The summed E-state index contributed by atoms with van der Waals surface area (Å²) in [4.78, 5) is 15.8. The average molecular weight is 400 g/mol. The Morgan fingerprint density at radius 1 is 0.897 bits per heavy atom. The molecule has 1 aliphatic rings. The average Bonchev–Trinajstić information content (AvgIpc) is 2.74. The van der Waals surface area contributed by atoms with Gasteiger partial charge >= 0.3 is 5.97 Å². The standard InChI is InChI=1S/C22H28N2O5/c1-27-19-9-8-18(21(22(19)28-2)29-16-20(25)26)15-24-12-10-23(11-13-24)14-17-6-4-3-5-7-17/h3-9H,10-16H2,1-2H3,(H,25,26). The highest BCUT2D eigenvalue weighted by atomic mass is 16.5. The minimum Gasteiger partial charge on any atom is -0.493 e. The first-order valence-corrected chi connectivity index (χ1v) is 9.67. The van der Waals surface area contributed by atoms with Crippen LogP contribution in [-0.2, 0) is 17.9 Å². The summed E-state index contributed by atoms with van der Waals surface area (Å²) in [5, 5.41) is 9.01. The summed E-state index contributed by atoms with van der Waals surface area (Å²) in [6.07, 6.45) is 0. The molecule has 3 rings (SSSR count). The lowest BCUT2D eigenvalue weighted by Crippen LogP contribution is -2.45. The zero-order valence-corrected chi connectivity index (χ0v) is 17.0. The third-order valence-corrected chi connectivity index (χ3v) is 5.03. The van der Waals surface area contributed by atoms with Gasteiger partial charge in [0.25, 0.3) is 0 Å². The van der Waals surface area contributed by atoms with Crippen LogP contribution < -0.4 is 14.2 Å². The van der Waals surface area contributed by atoms with Gasteiger partial charge in [-0.3, -0.25) is 9.80 Å². The van der Waals surface area contributed by atoms with Crippen LogP contribution in [0.2, 0.25) is 0 Å². The quantitative estimate of drug-likeness (QED) is 0.693. The van der Waals surface area contributed by atoms with Gasteiger partial charge in [0.15, 0.2) is 18.1 Å². The summed E-state index contributed by atoms with van der Waals surface area (Å²) in [6.45, 7) is 5.01. The van der Waals surface area contributed by atoms with E-state index >= 15 is 0 Å². The number of carbonyl (C=O) groups is 1. The van der Waals surface area contributed by atoms with Crippen molar-refractivity contribution in [2.75, 3.05) is 47.0 Å². The van der Waals surface area contributed by atoms with E-state index in [2.05, 4.69) is 34.1 Å². The van der Waals surface area contributed by atoms with E-state index in [1.54, 1.807) is 7.11 Å². The minimum atomic E-state index is -1.03. The van der Waals surface area contributed by atoms with E-state index in [0.29, 0.717) is 23.8 Å². The SMILES string of the molecule is COc1ccc(CN2CCN(Cc3ccccc3)CC2)c(OCC(=O)O)c1OC. The number of carboxylic acids is 1. The Morgan fingerprint density at radius 2 is 1.55 bits per heavy atom. The summed E-state index contributed by atoms with van der Waals surface area (Å²) in [7, 11) is 3.07. The van der Waals surface area contributed by atoms with Gasteiger partial charge in [0.05, 0.1) is 14.2 Å². The molecule has 0 amide bonds. The van der Waals surface area contributed by atoms with Gasteiger partial charge in [-0.15, -0.1) is 0 Å². The van der Waals surface area contributed by atoms with Gasteiger partial charge < -0.3 is 19.3 Å². The molecule has 2 aromatic rings. The van der Waals surface area contributed by atoms with E-state index in [1.165, 1.54) is 12.7 Å². The molecule has 0 atom stereocenters. The van der Waals surface area contributed by atoms with Crippen molar-refractivity contribution in [1.29, 1.82) is 0 Å². The Kier molecular flexibility index (Phi) is 7.32. The maximum Gasteiger partial charge on any atom is 0.341 e. The molecule has 7 heteroatoms. The molecule has 1 heterocycles. The van der Waals surface area contributed by atoms with Gasteiger partial charge in [0, 0.05) is 44.8 Å². The normalized spacial score (nSPS) is 15.1.